The highest BCUT2D eigenvalue weighted by molar-refractivity contribution is 4.83. The third-order valence-corrected chi connectivity index (χ3v) is 4.06. The van der Waals surface area contributed by atoms with E-state index in [1.807, 2.05) is 0 Å². The van der Waals surface area contributed by atoms with E-state index >= 15 is 0 Å². The zero-order valence-electron chi connectivity index (χ0n) is 12.2. The summed E-state index contributed by atoms with van der Waals surface area (Å²) in [5.74, 6) is 0.823. The van der Waals surface area contributed by atoms with Crippen molar-refractivity contribution < 1.29 is 0 Å². The number of hydrogen-bond acceptors (Lipinski definition) is 1. The molecule has 0 aliphatic rings. The van der Waals surface area contributed by atoms with Gasteiger partial charge in [0.25, 0.3) is 0 Å². The van der Waals surface area contributed by atoms with E-state index in [1.54, 1.807) is 0 Å². The van der Waals surface area contributed by atoms with Gasteiger partial charge in [0, 0.05) is 5.54 Å². The zero-order valence-corrected chi connectivity index (χ0v) is 12.2. The second-order valence-electron chi connectivity index (χ2n) is 5.63. The Morgan fingerprint density at radius 2 is 1.50 bits per heavy atom. The van der Waals surface area contributed by atoms with E-state index in [0.717, 1.165) is 5.92 Å². The second kappa shape index (κ2) is 9.04. The maximum absolute atomic E-state index is 3.45. The Morgan fingerprint density at radius 3 is 2.00 bits per heavy atom. The SMILES string of the molecule is CCCCCCCCC(CC)C(C)(C)NC. The van der Waals surface area contributed by atoms with Crippen molar-refractivity contribution in [3.63, 3.8) is 0 Å². The van der Waals surface area contributed by atoms with Crippen LogP contribution in [0.25, 0.3) is 0 Å². The molecule has 1 nitrogen and oxygen atoms in total. The molecule has 0 aliphatic carbocycles. The Morgan fingerprint density at radius 1 is 0.938 bits per heavy atom. The van der Waals surface area contributed by atoms with Crippen LogP contribution < -0.4 is 5.32 Å². The molecule has 1 atom stereocenters. The van der Waals surface area contributed by atoms with Crippen molar-refractivity contribution in [3.8, 4) is 0 Å². The Labute approximate surface area is 103 Å². The first-order chi connectivity index (χ1) is 7.58. The van der Waals surface area contributed by atoms with E-state index in [-0.39, 0.29) is 0 Å². The first-order valence-corrected chi connectivity index (χ1v) is 7.27. The van der Waals surface area contributed by atoms with Crippen molar-refractivity contribution in [3.05, 3.63) is 0 Å². The average Bonchev–Trinajstić information content (AvgIpc) is 2.28. The fourth-order valence-corrected chi connectivity index (χ4v) is 2.45. The first-order valence-electron chi connectivity index (χ1n) is 7.27. The molecule has 0 amide bonds. The van der Waals surface area contributed by atoms with E-state index < -0.39 is 0 Å². The van der Waals surface area contributed by atoms with Crippen molar-refractivity contribution in [2.24, 2.45) is 5.92 Å². The van der Waals surface area contributed by atoms with Crippen LogP contribution in [0.5, 0.6) is 0 Å². The average molecular weight is 227 g/mol. The minimum Gasteiger partial charge on any atom is -0.315 e. The van der Waals surface area contributed by atoms with Gasteiger partial charge in [-0.2, -0.15) is 0 Å². The molecule has 98 valence electrons. The second-order valence-corrected chi connectivity index (χ2v) is 5.63. The maximum Gasteiger partial charge on any atom is 0.0150 e. The van der Waals surface area contributed by atoms with Crippen LogP contribution in [0.2, 0.25) is 0 Å². The molecule has 0 aromatic carbocycles. The van der Waals surface area contributed by atoms with Gasteiger partial charge in [-0.3, -0.25) is 0 Å². The third-order valence-electron chi connectivity index (χ3n) is 4.06. The highest BCUT2D eigenvalue weighted by Crippen LogP contribution is 2.25. The van der Waals surface area contributed by atoms with Crippen LogP contribution in [-0.4, -0.2) is 12.6 Å². The third kappa shape index (κ3) is 6.52. The largest absolute Gasteiger partial charge is 0.315 e. The fourth-order valence-electron chi connectivity index (χ4n) is 2.45. The Balaban J connectivity index is 3.64. The minimum absolute atomic E-state index is 0.304. The Hall–Kier alpha value is -0.0400. The molecule has 0 heterocycles. The molecule has 0 aromatic heterocycles. The van der Waals surface area contributed by atoms with Crippen LogP contribution in [0.1, 0.15) is 79.1 Å². The molecule has 1 N–H and O–H groups in total. The lowest BCUT2D eigenvalue weighted by molar-refractivity contribution is 0.240. The molecule has 0 aromatic rings. The normalized spacial score (nSPS) is 14.1. The van der Waals surface area contributed by atoms with Crippen LogP contribution in [0.4, 0.5) is 0 Å². The molecule has 0 aliphatic heterocycles. The summed E-state index contributed by atoms with van der Waals surface area (Å²) >= 11 is 0. The molecule has 1 unspecified atom stereocenters. The molecular weight excluding hydrogens is 194 g/mol. The summed E-state index contributed by atoms with van der Waals surface area (Å²) in [6, 6.07) is 0. The summed E-state index contributed by atoms with van der Waals surface area (Å²) in [7, 11) is 2.09. The Bertz CT molecular complexity index is 152. The lowest BCUT2D eigenvalue weighted by Crippen LogP contribution is -2.43. The summed E-state index contributed by atoms with van der Waals surface area (Å²) in [4.78, 5) is 0. The number of hydrogen-bond donors (Lipinski definition) is 1. The number of unbranched alkanes of at least 4 members (excludes halogenated alkanes) is 5. The van der Waals surface area contributed by atoms with Gasteiger partial charge in [0.2, 0.25) is 0 Å². The number of nitrogens with one attached hydrogen (secondary N) is 1. The lowest BCUT2D eigenvalue weighted by Gasteiger charge is -2.33. The molecular formula is C15H33N. The van der Waals surface area contributed by atoms with Crippen LogP contribution in [0.15, 0.2) is 0 Å². The highest BCUT2D eigenvalue weighted by Gasteiger charge is 2.25. The van der Waals surface area contributed by atoms with Gasteiger partial charge < -0.3 is 5.32 Å². The Kier molecular flexibility index (Phi) is 9.02. The standard InChI is InChI=1S/C15H33N/c1-6-8-9-10-11-12-13-14(7-2)15(3,4)16-5/h14,16H,6-13H2,1-5H3. The van der Waals surface area contributed by atoms with Gasteiger partial charge in [-0.1, -0.05) is 58.8 Å². The minimum atomic E-state index is 0.304. The monoisotopic (exact) mass is 227 g/mol. The summed E-state index contributed by atoms with van der Waals surface area (Å²) in [6.45, 7) is 9.26. The van der Waals surface area contributed by atoms with Gasteiger partial charge in [0.15, 0.2) is 0 Å². The molecule has 0 fully saturated rings. The van der Waals surface area contributed by atoms with Crippen molar-refractivity contribution >= 4 is 0 Å². The van der Waals surface area contributed by atoms with Gasteiger partial charge in [0.05, 0.1) is 0 Å². The van der Waals surface area contributed by atoms with Crippen molar-refractivity contribution in [2.75, 3.05) is 7.05 Å². The quantitative estimate of drug-likeness (QED) is 0.531. The molecule has 0 spiro atoms. The topological polar surface area (TPSA) is 12.0 Å². The summed E-state index contributed by atoms with van der Waals surface area (Å²) < 4.78 is 0. The fraction of sp³-hybridized carbons (Fsp3) is 1.00. The molecule has 0 bridgehead atoms. The molecule has 0 rings (SSSR count). The molecule has 16 heavy (non-hydrogen) atoms. The predicted octanol–water partition coefficient (Wildman–Crippen LogP) is 4.76. The zero-order chi connectivity index (χ0) is 12.4. The molecule has 0 saturated carbocycles. The van der Waals surface area contributed by atoms with Gasteiger partial charge in [-0.25, -0.2) is 0 Å². The summed E-state index contributed by atoms with van der Waals surface area (Å²) in [5.41, 5.74) is 0.304. The van der Waals surface area contributed by atoms with E-state index in [4.69, 9.17) is 0 Å². The predicted molar refractivity (Wildman–Crippen MR) is 74.9 cm³/mol. The van der Waals surface area contributed by atoms with Gasteiger partial charge in [0.1, 0.15) is 0 Å². The van der Waals surface area contributed by atoms with Crippen molar-refractivity contribution in [1.29, 1.82) is 0 Å². The van der Waals surface area contributed by atoms with E-state index in [1.165, 1.54) is 51.4 Å². The summed E-state index contributed by atoms with van der Waals surface area (Å²) in [6.07, 6.45) is 11.2. The molecule has 0 radical (unpaired) electrons. The molecule has 1 heteroatoms. The maximum atomic E-state index is 3.45. The van der Waals surface area contributed by atoms with Gasteiger partial charge in [-0.05, 0) is 33.2 Å². The van der Waals surface area contributed by atoms with E-state index in [2.05, 4.69) is 40.1 Å². The van der Waals surface area contributed by atoms with Gasteiger partial charge in [-0.15, -0.1) is 0 Å². The van der Waals surface area contributed by atoms with Crippen molar-refractivity contribution in [2.45, 2.75) is 84.6 Å². The van der Waals surface area contributed by atoms with Crippen LogP contribution >= 0.6 is 0 Å². The molecule has 0 saturated heterocycles. The van der Waals surface area contributed by atoms with E-state index in [0.29, 0.717) is 5.54 Å². The van der Waals surface area contributed by atoms with Crippen LogP contribution in [0, 0.1) is 5.92 Å². The smallest absolute Gasteiger partial charge is 0.0150 e. The lowest BCUT2D eigenvalue weighted by atomic mass is 9.81. The van der Waals surface area contributed by atoms with Crippen molar-refractivity contribution in [1.82, 2.24) is 5.32 Å². The number of rotatable bonds is 10. The van der Waals surface area contributed by atoms with Gasteiger partial charge >= 0.3 is 0 Å². The van der Waals surface area contributed by atoms with Crippen LogP contribution in [0.3, 0.4) is 0 Å². The summed E-state index contributed by atoms with van der Waals surface area (Å²) in [5, 5.41) is 3.45. The van der Waals surface area contributed by atoms with E-state index in [9.17, 15) is 0 Å². The first kappa shape index (κ1) is 16.0. The van der Waals surface area contributed by atoms with Crippen LogP contribution in [-0.2, 0) is 0 Å². The highest BCUT2D eigenvalue weighted by atomic mass is 14.9.